The maximum Gasteiger partial charge on any atom is 0.255 e. The fraction of sp³-hybridized carbons (Fsp3) is 0.133. The first kappa shape index (κ1) is 15.5. The quantitative estimate of drug-likeness (QED) is 0.842. The van der Waals surface area contributed by atoms with Gasteiger partial charge < -0.3 is 16.0 Å². The molecule has 0 saturated carbocycles. The fourth-order valence-electron chi connectivity index (χ4n) is 1.76. The van der Waals surface area contributed by atoms with Crippen molar-refractivity contribution in [3.63, 3.8) is 0 Å². The van der Waals surface area contributed by atoms with Gasteiger partial charge in [-0.25, -0.2) is 0 Å². The second kappa shape index (κ2) is 6.24. The highest BCUT2D eigenvalue weighted by Gasteiger charge is 2.11. The Morgan fingerprint density at radius 2 is 1.62 bits per heavy atom. The number of benzene rings is 2. The van der Waals surface area contributed by atoms with Crippen molar-refractivity contribution in [2.24, 2.45) is 0 Å². The van der Waals surface area contributed by atoms with E-state index in [1.54, 1.807) is 0 Å². The van der Waals surface area contributed by atoms with Crippen LogP contribution in [0, 0.1) is 0 Å². The first-order valence-electron chi connectivity index (χ1n) is 6.21. The van der Waals surface area contributed by atoms with E-state index in [0.29, 0.717) is 11.3 Å². The molecule has 2 rings (SSSR count). The molecular formula is C15H15Cl2N3O. The molecule has 2 aromatic rings. The van der Waals surface area contributed by atoms with Gasteiger partial charge in [0.15, 0.2) is 0 Å². The molecule has 0 aliphatic carbocycles. The second-order valence-electron chi connectivity index (χ2n) is 4.75. The van der Waals surface area contributed by atoms with Gasteiger partial charge in [-0.15, -0.1) is 0 Å². The van der Waals surface area contributed by atoms with Gasteiger partial charge in [-0.3, -0.25) is 4.79 Å². The van der Waals surface area contributed by atoms with E-state index in [1.165, 1.54) is 12.1 Å². The lowest BCUT2D eigenvalue weighted by atomic mass is 10.2. The third kappa shape index (κ3) is 3.60. The molecule has 0 fully saturated rings. The largest absolute Gasteiger partial charge is 0.396 e. The monoisotopic (exact) mass is 323 g/mol. The number of anilines is 3. The standard InChI is InChI=1S/C15H15Cl2N3O/c1-20(2)11-5-3-10(4-6-11)19-15(21)9-7-12(16)14(18)13(17)8-9/h3-8H,18H2,1-2H3,(H,19,21). The number of nitrogens with one attached hydrogen (secondary N) is 1. The first-order valence-corrected chi connectivity index (χ1v) is 6.97. The van der Waals surface area contributed by atoms with Crippen LogP contribution in [0.3, 0.4) is 0 Å². The van der Waals surface area contributed by atoms with Crippen molar-refractivity contribution in [3.8, 4) is 0 Å². The van der Waals surface area contributed by atoms with Crippen molar-refractivity contribution in [2.45, 2.75) is 0 Å². The molecule has 0 aromatic heterocycles. The molecule has 0 heterocycles. The molecule has 2 aromatic carbocycles. The number of hydrogen-bond acceptors (Lipinski definition) is 3. The minimum atomic E-state index is -0.295. The molecule has 1 amide bonds. The average Bonchev–Trinajstić information content (AvgIpc) is 2.44. The summed E-state index contributed by atoms with van der Waals surface area (Å²) < 4.78 is 0. The Bertz CT molecular complexity index is 646. The van der Waals surface area contributed by atoms with E-state index in [1.807, 2.05) is 43.3 Å². The number of amides is 1. The van der Waals surface area contributed by atoms with Crippen LogP contribution in [0.15, 0.2) is 36.4 Å². The molecule has 21 heavy (non-hydrogen) atoms. The lowest BCUT2D eigenvalue weighted by Crippen LogP contribution is -2.13. The predicted molar refractivity (Wildman–Crippen MR) is 89.6 cm³/mol. The number of nitrogens with zero attached hydrogens (tertiary/aromatic N) is 1. The van der Waals surface area contributed by atoms with E-state index in [0.717, 1.165) is 5.69 Å². The molecular weight excluding hydrogens is 309 g/mol. The van der Waals surface area contributed by atoms with Crippen molar-refractivity contribution in [1.82, 2.24) is 0 Å². The summed E-state index contributed by atoms with van der Waals surface area (Å²) in [5, 5.41) is 3.30. The molecule has 0 unspecified atom stereocenters. The van der Waals surface area contributed by atoms with Crippen molar-refractivity contribution in [3.05, 3.63) is 52.0 Å². The highest BCUT2D eigenvalue weighted by molar-refractivity contribution is 6.39. The van der Waals surface area contributed by atoms with Crippen LogP contribution in [-0.4, -0.2) is 20.0 Å². The maximum absolute atomic E-state index is 12.2. The smallest absolute Gasteiger partial charge is 0.255 e. The first-order chi connectivity index (χ1) is 9.88. The van der Waals surface area contributed by atoms with Gasteiger partial charge in [0, 0.05) is 31.0 Å². The molecule has 3 N–H and O–H groups in total. The number of halogens is 2. The third-order valence-electron chi connectivity index (χ3n) is 2.98. The normalized spacial score (nSPS) is 10.3. The average molecular weight is 324 g/mol. The summed E-state index contributed by atoms with van der Waals surface area (Å²) in [4.78, 5) is 14.1. The Morgan fingerprint density at radius 1 is 1.10 bits per heavy atom. The van der Waals surface area contributed by atoms with Crippen LogP contribution >= 0.6 is 23.2 Å². The van der Waals surface area contributed by atoms with E-state index < -0.39 is 0 Å². The van der Waals surface area contributed by atoms with Crippen molar-refractivity contribution in [2.75, 3.05) is 30.0 Å². The van der Waals surface area contributed by atoms with Crippen LogP contribution < -0.4 is 16.0 Å². The zero-order valence-corrected chi connectivity index (χ0v) is 13.2. The summed E-state index contributed by atoms with van der Waals surface area (Å²) in [5.41, 5.74) is 8.01. The SMILES string of the molecule is CN(C)c1ccc(NC(=O)c2cc(Cl)c(N)c(Cl)c2)cc1. The summed E-state index contributed by atoms with van der Waals surface area (Å²) >= 11 is 11.9. The molecule has 0 saturated heterocycles. The molecule has 0 atom stereocenters. The van der Waals surface area contributed by atoms with Gasteiger partial charge in [-0.1, -0.05) is 23.2 Å². The van der Waals surface area contributed by atoms with Gasteiger partial charge >= 0.3 is 0 Å². The van der Waals surface area contributed by atoms with Crippen molar-refractivity contribution < 1.29 is 4.79 Å². The van der Waals surface area contributed by atoms with Gasteiger partial charge in [-0.05, 0) is 36.4 Å². The van der Waals surface area contributed by atoms with Crippen LogP contribution in [0.2, 0.25) is 10.0 Å². The summed E-state index contributed by atoms with van der Waals surface area (Å²) in [7, 11) is 3.90. The third-order valence-corrected chi connectivity index (χ3v) is 3.61. The Balaban J connectivity index is 2.18. The Kier molecular flexibility index (Phi) is 4.60. The highest BCUT2D eigenvalue weighted by atomic mass is 35.5. The Morgan fingerprint density at radius 3 is 2.10 bits per heavy atom. The van der Waals surface area contributed by atoms with E-state index in [-0.39, 0.29) is 21.6 Å². The maximum atomic E-state index is 12.2. The molecule has 0 radical (unpaired) electrons. The topological polar surface area (TPSA) is 58.4 Å². The Hall–Kier alpha value is -1.91. The number of nitrogens with two attached hydrogens (primary N) is 1. The fourth-order valence-corrected chi connectivity index (χ4v) is 2.25. The lowest BCUT2D eigenvalue weighted by Gasteiger charge is -2.13. The van der Waals surface area contributed by atoms with Gasteiger partial charge in [-0.2, -0.15) is 0 Å². The molecule has 110 valence electrons. The van der Waals surface area contributed by atoms with Crippen LogP contribution in [0.25, 0.3) is 0 Å². The van der Waals surface area contributed by atoms with Gasteiger partial charge in [0.1, 0.15) is 0 Å². The molecule has 0 spiro atoms. The van der Waals surface area contributed by atoms with Crippen molar-refractivity contribution in [1.29, 1.82) is 0 Å². The zero-order chi connectivity index (χ0) is 15.6. The Labute approximate surface area is 133 Å². The van der Waals surface area contributed by atoms with E-state index in [4.69, 9.17) is 28.9 Å². The number of carbonyl (C=O) groups excluding carboxylic acids is 1. The highest BCUT2D eigenvalue weighted by Crippen LogP contribution is 2.29. The van der Waals surface area contributed by atoms with Gasteiger partial charge in [0.25, 0.3) is 5.91 Å². The lowest BCUT2D eigenvalue weighted by molar-refractivity contribution is 0.102. The zero-order valence-electron chi connectivity index (χ0n) is 11.7. The van der Waals surface area contributed by atoms with Crippen LogP contribution in [-0.2, 0) is 0 Å². The number of carbonyl (C=O) groups is 1. The van der Waals surface area contributed by atoms with Crippen molar-refractivity contribution >= 4 is 46.2 Å². The number of hydrogen-bond donors (Lipinski definition) is 2. The summed E-state index contributed by atoms with van der Waals surface area (Å²) in [6, 6.07) is 10.5. The molecule has 0 aliphatic heterocycles. The number of rotatable bonds is 3. The van der Waals surface area contributed by atoms with E-state index in [9.17, 15) is 4.79 Å². The summed E-state index contributed by atoms with van der Waals surface area (Å²) in [6.45, 7) is 0. The second-order valence-corrected chi connectivity index (χ2v) is 5.56. The van der Waals surface area contributed by atoms with Gasteiger partial charge in [0.2, 0.25) is 0 Å². The van der Waals surface area contributed by atoms with E-state index in [2.05, 4.69) is 5.32 Å². The molecule has 0 aliphatic rings. The molecule has 4 nitrogen and oxygen atoms in total. The predicted octanol–water partition coefficient (Wildman–Crippen LogP) is 3.89. The minimum Gasteiger partial charge on any atom is -0.396 e. The summed E-state index contributed by atoms with van der Waals surface area (Å²) in [6.07, 6.45) is 0. The number of nitrogen functional groups attached to an aromatic ring is 1. The van der Waals surface area contributed by atoms with Crippen LogP contribution in [0.5, 0.6) is 0 Å². The van der Waals surface area contributed by atoms with Crippen LogP contribution in [0.4, 0.5) is 17.1 Å². The molecule has 6 heteroatoms. The van der Waals surface area contributed by atoms with Gasteiger partial charge in [0.05, 0.1) is 15.7 Å². The minimum absolute atomic E-state index is 0.260. The van der Waals surface area contributed by atoms with E-state index >= 15 is 0 Å². The molecule has 0 bridgehead atoms. The van der Waals surface area contributed by atoms with Crippen LogP contribution in [0.1, 0.15) is 10.4 Å². The summed E-state index contributed by atoms with van der Waals surface area (Å²) in [5.74, 6) is -0.295.